The minimum atomic E-state index is -1.03. The highest BCUT2D eigenvalue weighted by atomic mass is 79.9. The zero-order valence-corrected chi connectivity index (χ0v) is 17.3. The van der Waals surface area contributed by atoms with Crippen molar-refractivity contribution in [3.05, 3.63) is 57.3 Å². The van der Waals surface area contributed by atoms with Crippen molar-refractivity contribution in [3.63, 3.8) is 0 Å². The first-order valence-electron chi connectivity index (χ1n) is 8.74. The quantitative estimate of drug-likeness (QED) is 0.587. The number of hydrogen-bond donors (Lipinski definition) is 1. The average Bonchev–Trinajstić information content (AvgIpc) is 2.98. The fraction of sp³-hybridized carbons (Fsp3) is 0.263. The van der Waals surface area contributed by atoms with Gasteiger partial charge in [-0.3, -0.25) is 0 Å². The number of benzene rings is 1. The highest BCUT2D eigenvalue weighted by molar-refractivity contribution is 9.10. The molecule has 2 aromatic heterocycles. The molecular weight excluding hydrogens is 472 g/mol. The van der Waals surface area contributed by atoms with E-state index in [4.69, 9.17) is 16.3 Å². The molecule has 1 N–H and O–H groups in total. The Morgan fingerprint density at radius 2 is 2.07 bits per heavy atom. The van der Waals surface area contributed by atoms with E-state index in [1.807, 2.05) is 0 Å². The van der Waals surface area contributed by atoms with Crippen LogP contribution in [0.3, 0.4) is 0 Å². The number of carboxylic acid groups (broad SMARTS) is 1. The molecule has 1 aromatic carbocycles. The van der Waals surface area contributed by atoms with Crippen LogP contribution in [0.25, 0.3) is 16.9 Å². The second-order valence-electron chi connectivity index (χ2n) is 6.65. The number of halogens is 4. The smallest absolute Gasteiger partial charge is 0.407 e. The van der Waals surface area contributed by atoms with E-state index in [0.29, 0.717) is 16.4 Å². The fourth-order valence-electron chi connectivity index (χ4n) is 3.47. The molecule has 6 nitrogen and oxygen atoms in total. The van der Waals surface area contributed by atoms with Gasteiger partial charge in [0.25, 0.3) is 0 Å². The van der Waals surface area contributed by atoms with Crippen LogP contribution in [-0.2, 0) is 11.2 Å². The van der Waals surface area contributed by atoms with Gasteiger partial charge in [0, 0.05) is 34.7 Å². The molecule has 10 heteroatoms. The summed E-state index contributed by atoms with van der Waals surface area (Å²) in [5.41, 5.74) is 0.809. The maximum absolute atomic E-state index is 14.7. The number of amides is 1. The Bertz CT molecular complexity index is 1080. The average molecular weight is 487 g/mol. The second kappa shape index (κ2) is 7.89. The largest absolute Gasteiger partial charge is 0.465 e. The van der Waals surface area contributed by atoms with Crippen LogP contribution in [0, 0.1) is 11.6 Å². The van der Waals surface area contributed by atoms with Crippen molar-refractivity contribution >= 4 is 39.3 Å². The molecule has 3 heterocycles. The molecule has 0 unspecified atom stereocenters. The minimum Gasteiger partial charge on any atom is -0.465 e. The van der Waals surface area contributed by atoms with Crippen molar-refractivity contribution in [1.82, 2.24) is 14.3 Å². The zero-order valence-electron chi connectivity index (χ0n) is 14.9. The summed E-state index contributed by atoms with van der Waals surface area (Å²) in [6.07, 6.45) is 0.372. The van der Waals surface area contributed by atoms with E-state index in [1.165, 1.54) is 17.0 Å². The molecule has 1 amide bonds. The van der Waals surface area contributed by atoms with Crippen LogP contribution in [0.1, 0.15) is 5.69 Å². The summed E-state index contributed by atoms with van der Waals surface area (Å²) in [4.78, 5) is 17.0. The lowest BCUT2D eigenvalue weighted by molar-refractivity contribution is -0.0214. The molecule has 1 aliphatic heterocycles. The van der Waals surface area contributed by atoms with E-state index in [9.17, 15) is 18.7 Å². The first kappa shape index (κ1) is 20.1. The number of aromatic nitrogens is 2. The third-order valence-corrected chi connectivity index (χ3v) is 5.45. The lowest BCUT2D eigenvalue weighted by Gasteiger charge is -2.31. The number of hydrogen-bond acceptors (Lipinski definition) is 3. The SMILES string of the molecule is O=C(O)N1CCO[C@@H](Cc2c(-c3c(F)cc(Br)cc3F)nc3cc(Cl)ccn23)C1. The van der Waals surface area contributed by atoms with E-state index >= 15 is 0 Å². The van der Waals surface area contributed by atoms with Gasteiger partial charge in [-0.1, -0.05) is 27.5 Å². The van der Waals surface area contributed by atoms with Crippen LogP contribution in [-0.4, -0.2) is 51.3 Å². The summed E-state index contributed by atoms with van der Waals surface area (Å²) >= 11 is 9.13. The number of pyridine rings is 1. The van der Waals surface area contributed by atoms with Gasteiger partial charge in [-0.15, -0.1) is 0 Å². The van der Waals surface area contributed by atoms with E-state index in [1.54, 1.807) is 22.7 Å². The fourth-order valence-corrected chi connectivity index (χ4v) is 4.02. The summed E-state index contributed by atoms with van der Waals surface area (Å²) < 4.78 is 37.0. The maximum Gasteiger partial charge on any atom is 0.407 e. The predicted octanol–water partition coefficient (Wildman–Crippen LogP) is 4.62. The van der Waals surface area contributed by atoms with Gasteiger partial charge in [0.1, 0.15) is 17.3 Å². The topological polar surface area (TPSA) is 67.1 Å². The predicted molar refractivity (Wildman–Crippen MR) is 106 cm³/mol. The zero-order chi connectivity index (χ0) is 20.7. The van der Waals surface area contributed by atoms with Gasteiger partial charge in [-0.25, -0.2) is 18.6 Å². The summed E-state index contributed by atoms with van der Waals surface area (Å²) in [6.45, 7) is 0.675. The third kappa shape index (κ3) is 3.94. The molecule has 152 valence electrons. The molecular formula is C19H15BrClF2N3O3. The molecule has 0 bridgehead atoms. The molecule has 0 spiro atoms. The third-order valence-electron chi connectivity index (χ3n) is 4.76. The van der Waals surface area contributed by atoms with Gasteiger partial charge in [0.15, 0.2) is 0 Å². The van der Waals surface area contributed by atoms with Gasteiger partial charge in [-0.2, -0.15) is 0 Å². The maximum atomic E-state index is 14.7. The van der Waals surface area contributed by atoms with Gasteiger partial charge in [-0.05, 0) is 18.2 Å². The Hall–Kier alpha value is -2.23. The summed E-state index contributed by atoms with van der Waals surface area (Å²) in [5.74, 6) is -1.52. The Labute approximate surface area is 177 Å². The van der Waals surface area contributed by atoms with Crippen LogP contribution >= 0.6 is 27.5 Å². The Balaban J connectivity index is 1.82. The molecule has 0 radical (unpaired) electrons. The monoisotopic (exact) mass is 485 g/mol. The van der Waals surface area contributed by atoms with E-state index in [0.717, 1.165) is 0 Å². The van der Waals surface area contributed by atoms with Crippen LogP contribution in [0.5, 0.6) is 0 Å². The number of rotatable bonds is 3. The number of morpholine rings is 1. The van der Waals surface area contributed by atoms with Gasteiger partial charge in [0.05, 0.1) is 36.2 Å². The van der Waals surface area contributed by atoms with Crippen LogP contribution in [0.15, 0.2) is 34.9 Å². The van der Waals surface area contributed by atoms with Gasteiger partial charge < -0.3 is 19.1 Å². The molecule has 1 atom stereocenters. The van der Waals surface area contributed by atoms with Crippen molar-refractivity contribution in [2.45, 2.75) is 12.5 Å². The van der Waals surface area contributed by atoms with Gasteiger partial charge in [0.2, 0.25) is 0 Å². The van der Waals surface area contributed by atoms with Gasteiger partial charge >= 0.3 is 6.09 Å². The lowest BCUT2D eigenvalue weighted by Crippen LogP contribution is -2.45. The Morgan fingerprint density at radius 3 is 2.76 bits per heavy atom. The molecule has 3 aromatic rings. The standard InChI is InChI=1S/C19H15BrClF2N3O3/c20-10-5-13(22)17(14(23)6-10)18-15(26-2-1-11(21)7-16(26)24-18)8-12-9-25(19(27)28)3-4-29-12/h1-2,5-7,12H,3-4,8-9H2,(H,27,28)/t12-/m0/s1. The summed E-state index contributed by atoms with van der Waals surface area (Å²) in [7, 11) is 0. The summed E-state index contributed by atoms with van der Waals surface area (Å²) in [5, 5.41) is 9.68. The van der Waals surface area contributed by atoms with Crippen LogP contribution in [0.2, 0.25) is 5.02 Å². The van der Waals surface area contributed by atoms with Crippen LogP contribution in [0.4, 0.5) is 13.6 Å². The molecule has 1 aliphatic rings. The molecule has 1 saturated heterocycles. The number of ether oxygens (including phenoxy) is 1. The molecule has 4 rings (SSSR count). The number of carbonyl (C=O) groups is 1. The number of fused-ring (bicyclic) bond motifs is 1. The van der Waals surface area contributed by atoms with E-state index in [2.05, 4.69) is 20.9 Å². The van der Waals surface area contributed by atoms with E-state index in [-0.39, 0.29) is 41.8 Å². The van der Waals surface area contributed by atoms with Crippen molar-refractivity contribution in [3.8, 4) is 11.3 Å². The summed E-state index contributed by atoms with van der Waals surface area (Å²) in [6, 6.07) is 5.57. The second-order valence-corrected chi connectivity index (χ2v) is 8.00. The normalized spacial score (nSPS) is 17.1. The Kier molecular flexibility index (Phi) is 5.46. The lowest BCUT2D eigenvalue weighted by atomic mass is 10.0. The van der Waals surface area contributed by atoms with Crippen molar-refractivity contribution in [2.24, 2.45) is 0 Å². The van der Waals surface area contributed by atoms with E-state index < -0.39 is 23.8 Å². The number of nitrogens with zero attached hydrogens (tertiary/aromatic N) is 3. The van der Waals surface area contributed by atoms with Crippen molar-refractivity contribution in [1.29, 1.82) is 0 Å². The molecule has 0 saturated carbocycles. The Morgan fingerprint density at radius 1 is 1.34 bits per heavy atom. The first-order valence-corrected chi connectivity index (χ1v) is 9.91. The molecule has 1 fully saturated rings. The highest BCUT2D eigenvalue weighted by Crippen LogP contribution is 2.33. The highest BCUT2D eigenvalue weighted by Gasteiger charge is 2.28. The first-order chi connectivity index (χ1) is 13.8. The van der Waals surface area contributed by atoms with Crippen LogP contribution < -0.4 is 0 Å². The molecule has 29 heavy (non-hydrogen) atoms. The molecule has 0 aliphatic carbocycles. The number of imidazole rings is 1. The van der Waals surface area contributed by atoms with Crippen molar-refractivity contribution < 1.29 is 23.4 Å². The minimum absolute atomic E-state index is 0.130. The van der Waals surface area contributed by atoms with Crippen molar-refractivity contribution in [2.75, 3.05) is 19.7 Å².